The summed E-state index contributed by atoms with van der Waals surface area (Å²) < 4.78 is 4.90. The first-order valence-electron chi connectivity index (χ1n) is 24.7. The van der Waals surface area contributed by atoms with Crippen molar-refractivity contribution in [3.8, 4) is 33.9 Å². The van der Waals surface area contributed by atoms with Crippen molar-refractivity contribution < 1.29 is 0 Å². The van der Waals surface area contributed by atoms with Gasteiger partial charge in [0, 0.05) is 56.3 Å². The Balaban J connectivity index is 1.00. The van der Waals surface area contributed by atoms with Gasteiger partial charge in [-0.15, -0.1) is 0 Å². The quantitative estimate of drug-likeness (QED) is 0.136. The summed E-state index contributed by atoms with van der Waals surface area (Å²) in [4.78, 5) is 4.67. The van der Waals surface area contributed by atoms with Crippen LogP contribution in [0.15, 0.2) is 267 Å². The zero-order chi connectivity index (χ0) is 48.1. The molecule has 0 N–H and O–H groups in total. The Labute approximate surface area is 420 Å². The highest BCUT2D eigenvalue weighted by atomic mass is 15.1. The van der Waals surface area contributed by atoms with Crippen LogP contribution in [0.2, 0.25) is 0 Å². The van der Waals surface area contributed by atoms with Gasteiger partial charge in [0.05, 0.1) is 22.4 Å². The fourth-order valence-electron chi connectivity index (χ4n) is 10.7. The Bertz CT molecular complexity index is 3840. The van der Waals surface area contributed by atoms with Crippen LogP contribution >= 0.6 is 0 Å². The molecular weight excluding hydrogens is 873 g/mol. The predicted octanol–water partition coefficient (Wildman–Crippen LogP) is 18.8. The van der Waals surface area contributed by atoms with Crippen LogP contribution in [0.25, 0.3) is 77.2 Å². The molecule has 2 aromatic heterocycles. The average Bonchev–Trinajstić information content (AvgIpc) is 3.99. The van der Waals surface area contributed by atoms with Crippen molar-refractivity contribution in [1.29, 1.82) is 0 Å². The topological polar surface area (TPSA) is 16.3 Å². The van der Waals surface area contributed by atoms with Crippen LogP contribution in [0, 0.1) is 13.8 Å². The number of anilines is 6. The molecule has 2 heterocycles. The molecule has 0 fully saturated rings. The average molecular weight is 923 g/mol. The summed E-state index contributed by atoms with van der Waals surface area (Å²) in [7, 11) is 0. The summed E-state index contributed by atoms with van der Waals surface area (Å²) in [5.74, 6) is 0. The van der Waals surface area contributed by atoms with Gasteiger partial charge >= 0.3 is 0 Å². The minimum atomic E-state index is 1.09. The van der Waals surface area contributed by atoms with Gasteiger partial charge in [-0.05, 0) is 191 Å². The van der Waals surface area contributed by atoms with E-state index in [0.717, 1.165) is 89.8 Å². The first-order valence-corrected chi connectivity index (χ1v) is 24.7. The first-order chi connectivity index (χ1) is 35.5. The molecule has 11 aromatic carbocycles. The number of nitrogens with zero attached hydrogens (tertiary/aromatic N) is 4. The van der Waals surface area contributed by atoms with Crippen molar-refractivity contribution in [1.82, 2.24) is 9.13 Å². The van der Waals surface area contributed by atoms with Crippen LogP contribution < -0.4 is 9.80 Å². The Morgan fingerprint density at radius 3 is 1.01 bits per heavy atom. The molecule has 342 valence electrons. The summed E-state index contributed by atoms with van der Waals surface area (Å²) in [6.45, 7) is 4.31. The van der Waals surface area contributed by atoms with E-state index in [1.54, 1.807) is 0 Å². The second-order valence-electron chi connectivity index (χ2n) is 18.9. The van der Waals surface area contributed by atoms with Gasteiger partial charge in [0.25, 0.3) is 0 Å². The van der Waals surface area contributed by atoms with Crippen LogP contribution in [0.3, 0.4) is 0 Å². The molecule has 0 aliphatic rings. The fraction of sp³-hybridized carbons (Fsp3) is 0.0294. The van der Waals surface area contributed by atoms with Gasteiger partial charge in [0.1, 0.15) is 0 Å². The van der Waals surface area contributed by atoms with Crippen LogP contribution in [-0.4, -0.2) is 9.13 Å². The van der Waals surface area contributed by atoms with Gasteiger partial charge in [0.2, 0.25) is 0 Å². The van der Waals surface area contributed by atoms with Crippen LogP contribution in [-0.2, 0) is 0 Å². The fourth-order valence-corrected chi connectivity index (χ4v) is 10.7. The van der Waals surface area contributed by atoms with Crippen molar-refractivity contribution in [2.45, 2.75) is 13.8 Å². The van der Waals surface area contributed by atoms with Crippen molar-refractivity contribution >= 4 is 77.5 Å². The molecule has 4 heteroatoms. The third-order valence-electron chi connectivity index (χ3n) is 14.1. The van der Waals surface area contributed by atoms with E-state index in [2.05, 4.69) is 300 Å². The summed E-state index contributed by atoms with van der Waals surface area (Å²) in [6, 6.07) is 97.4. The number of fused-ring (bicyclic) bond motifs is 4. The maximum absolute atomic E-state index is 2.45. The minimum absolute atomic E-state index is 1.09. The van der Waals surface area contributed by atoms with E-state index in [1.165, 1.54) is 32.7 Å². The summed E-state index contributed by atoms with van der Waals surface area (Å²) >= 11 is 0. The maximum Gasteiger partial charge on any atom is 0.0542 e. The van der Waals surface area contributed by atoms with E-state index >= 15 is 0 Å². The van der Waals surface area contributed by atoms with E-state index in [9.17, 15) is 0 Å². The third-order valence-corrected chi connectivity index (χ3v) is 14.1. The van der Waals surface area contributed by atoms with Gasteiger partial charge in [-0.25, -0.2) is 0 Å². The summed E-state index contributed by atoms with van der Waals surface area (Å²) in [5, 5.41) is 7.21. The van der Waals surface area contributed by atoms with Crippen LogP contribution in [0.1, 0.15) is 11.1 Å². The molecule has 4 nitrogen and oxygen atoms in total. The highest BCUT2D eigenvalue weighted by molar-refractivity contribution is 6.03. The van der Waals surface area contributed by atoms with Crippen molar-refractivity contribution in [3.05, 3.63) is 278 Å². The highest BCUT2D eigenvalue weighted by Gasteiger charge is 2.21. The summed E-state index contributed by atoms with van der Waals surface area (Å²) in [6.07, 6.45) is 0. The zero-order valence-corrected chi connectivity index (χ0v) is 40.2. The lowest BCUT2D eigenvalue weighted by Crippen LogP contribution is -2.10. The number of aryl methyl sites for hydroxylation is 2. The molecule has 0 unspecified atom stereocenters. The molecule has 0 aliphatic heterocycles. The van der Waals surface area contributed by atoms with E-state index in [0.29, 0.717) is 0 Å². The first kappa shape index (κ1) is 42.7. The van der Waals surface area contributed by atoms with Gasteiger partial charge in [-0.1, -0.05) is 133 Å². The Morgan fingerprint density at radius 2 is 0.611 bits per heavy atom. The smallest absolute Gasteiger partial charge is 0.0542 e. The SMILES string of the molecule is Cc1cccc(N(c2ccccc2)c2ccc(-n3c(-c4ccc5ccccc5c4)cc4cc5c(cc(-c6ccc7ccccc7c6)n5-c5ccc(N(c6ccccc6)c6cccc(C)c6)cc5)cc43)cc2)c1. The number of rotatable bonds is 10. The van der Waals surface area contributed by atoms with E-state index in [-0.39, 0.29) is 0 Å². The summed E-state index contributed by atoms with van der Waals surface area (Å²) in [5.41, 5.74) is 18.2. The number of hydrogen-bond donors (Lipinski definition) is 0. The molecule has 0 radical (unpaired) electrons. The van der Waals surface area contributed by atoms with E-state index < -0.39 is 0 Å². The van der Waals surface area contributed by atoms with Gasteiger partial charge in [-0.3, -0.25) is 0 Å². The van der Waals surface area contributed by atoms with E-state index in [1.807, 2.05) is 0 Å². The molecule has 0 atom stereocenters. The second kappa shape index (κ2) is 17.9. The van der Waals surface area contributed by atoms with Crippen molar-refractivity contribution in [3.63, 3.8) is 0 Å². The predicted molar refractivity (Wildman–Crippen MR) is 305 cm³/mol. The maximum atomic E-state index is 2.45. The largest absolute Gasteiger partial charge is 0.310 e. The Hall–Kier alpha value is -9.38. The lowest BCUT2D eigenvalue weighted by Gasteiger charge is -2.26. The van der Waals surface area contributed by atoms with Crippen LogP contribution in [0.4, 0.5) is 34.1 Å². The molecule has 13 aromatic rings. The highest BCUT2D eigenvalue weighted by Crippen LogP contribution is 2.42. The molecular formula is C68H50N4. The number of hydrogen-bond acceptors (Lipinski definition) is 2. The monoisotopic (exact) mass is 922 g/mol. The molecule has 72 heavy (non-hydrogen) atoms. The Kier molecular flexibility index (Phi) is 10.6. The molecule has 0 aliphatic carbocycles. The standard InChI is InChI=1S/C68H50N4/c1-47-15-13-25-63(39-47)69(57-21-5-3-6-22-57)59-31-35-61(36-32-59)71-65(53-29-27-49-17-9-11-19-51(49)41-53)43-55-46-68-56(45-67(55)71)44-66(54-30-28-50-18-10-12-20-52(50)42-54)72(68)62-37-33-60(34-38-62)70(58-23-7-4-8-24-58)64-26-14-16-48(2)40-64/h3-46H,1-2H3. The second-order valence-corrected chi connectivity index (χ2v) is 18.9. The number of aromatic nitrogens is 2. The molecule has 13 rings (SSSR count). The number of benzene rings is 11. The van der Waals surface area contributed by atoms with Crippen molar-refractivity contribution in [2.75, 3.05) is 9.80 Å². The lowest BCUT2D eigenvalue weighted by atomic mass is 10.0. The minimum Gasteiger partial charge on any atom is -0.310 e. The number of para-hydroxylation sites is 2. The van der Waals surface area contributed by atoms with Crippen molar-refractivity contribution in [2.24, 2.45) is 0 Å². The zero-order valence-electron chi connectivity index (χ0n) is 40.2. The van der Waals surface area contributed by atoms with Crippen LogP contribution in [0.5, 0.6) is 0 Å². The Morgan fingerprint density at radius 1 is 0.250 bits per heavy atom. The molecule has 0 bridgehead atoms. The molecule has 0 saturated carbocycles. The third kappa shape index (κ3) is 7.76. The van der Waals surface area contributed by atoms with Gasteiger partial charge in [0.15, 0.2) is 0 Å². The molecule has 0 spiro atoms. The molecule has 0 amide bonds. The van der Waals surface area contributed by atoms with Gasteiger partial charge < -0.3 is 18.9 Å². The lowest BCUT2D eigenvalue weighted by molar-refractivity contribution is 1.13. The van der Waals surface area contributed by atoms with Gasteiger partial charge in [-0.2, -0.15) is 0 Å². The van der Waals surface area contributed by atoms with E-state index in [4.69, 9.17) is 0 Å². The molecule has 0 saturated heterocycles. The normalized spacial score (nSPS) is 11.5.